The van der Waals surface area contributed by atoms with E-state index in [1.165, 1.54) is 6.92 Å². The van der Waals surface area contributed by atoms with Crippen molar-refractivity contribution in [3.8, 4) is 0 Å². The van der Waals surface area contributed by atoms with Crippen LogP contribution in [0, 0.1) is 0 Å². The number of amides is 3. The van der Waals surface area contributed by atoms with Crippen LogP contribution in [0.1, 0.15) is 31.7 Å². The van der Waals surface area contributed by atoms with Gasteiger partial charge >= 0.3 is 6.03 Å². The van der Waals surface area contributed by atoms with Crippen molar-refractivity contribution in [2.45, 2.75) is 38.7 Å². The summed E-state index contributed by atoms with van der Waals surface area (Å²) in [6, 6.07) is 3.67. The molecule has 0 saturated carbocycles. The average molecular weight is 332 g/mol. The highest BCUT2D eigenvalue weighted by molar-refractivity contribution is 5.92. The zero-order valence-corrected chi connectivity index (χ0v) is 14.0. The van der Waals surface area contributed by atoms with Gasteiger partial charge in [-0.1, -0.05) is 6.07 Å². The first-order valence-electron chi connectivity index (χ1n) is 8.51. The number of nitrogens with one attached hydrogen (secondary N) is 1. The molecule has 7 nitrogen and oxygen atoms in total. The summed E-state index contributed by atoms with van der Waals surface area (Å²) in [5, 5.41) is 2.85. The van der Waals surface area contributed by atoms with Crippen LogP contribution in [0.2, 0.25) is 0 Å². The van der Waals surface area contributed by atoms with Crippen LogP contribution in [0.15, 0.2) is 18.3 Å². The van der Waals surface area contributed by atoms with Crippen LogP contribution in [0.25, 0.3) is 0 Å². The van der Waals surface area contributed by atoms with E-state index in [9.17, 15) is 9.59 Å². The number of nitrogens with zero attached hydrogens (tertiary/aromatic N) is 3. The molecule has 2 aliphatic heterocycles. The minimum absolute atomic E-state index is 0.0667. The summed E-state index contributed by atoms with van der Waals surface area (Å²) in [5.41, 5.74) is 1.08. The van der Waals surface area contributed by atoms with Gasteiger partial charge in [0, 0.05) is 32.8 Å². The van der Waals surface area contributed by atoms with Crippen molar-refractivity contribution < 1.29 is 14.3 Å². The summed E-state index contributed by atoms with van der Waals surface area (Å²) in [7, 11) is 0. The van der Waals surface area contributed by atoms with Crippen molar-refractivity contribution in [1.82, 2.24) is 15.2 Å². The number of carbonyl (C=O) groups excluding carboxylic acids is 2. The third-order valence-corrected chi connectivity index (χ3v) is 4.51. The molecule has 1 N–H and O–H groups in total. The van der Waals surface area contributed by atoms with Gasteiger partial charge in [-0.25, -0.2) is 9.78 Å². The molecule has 2 aliphatic rings. The second-order valence-corrected chi connectivity index (χ2v) is 6.26. The molecule has 3 rings (SSSR count). The molecule has 0 radical (unpaired) electrons. The molecule has 0 bridgehead atoms. The van der Waals surface area contributed by atoms with Crippen molar-refractivity contribution in [2.75, 3.05) is 31.3 Å². The molecule has 1 fully saturated rings. The Morgan fingerprint density at radius 2 is 2.33 bits per heavy atom. The van der Waals surface area contributed by atoms with Gasteiger partial charge in [-0.2, -0.15) is 0 Å². The van der Waals surface area contributed by atoms with E-state index >= 15 is 0 Å². The normalized spacial score (nSPS) is 19.7. The van der Waals surface area contributed by atoms with Crippen molar-refractivity contribution in [2.24, 2.45) is 0 Å². The summed E-state index contributed by atoms with van der Waals surface area (Å²) in [5.74, 6) is 0.651. The van der Waals surface area contributed by atoms with Crippen molar-refractivity contribution in [3.63, 3.8) is 0 Å². The van der Waals surface area contributed by atoms with E-state index in [2.05, 4.69) is 10.3 Å². The average Bonchev–Trinajstić information content (AvgIpc) is 3.10. The number of rotatable bonds is 4. The highest BCUT2D eigenvalue weighted by Crippen LogP contribution is 2.24. The lowest BCUT2D eigenvalue weighted by Gasteiger charge is -2.30. The number of urea groups is 1. The van der Waals surface area contributed by atoms with Crippen LogP contribution in [-0.4, -0.2) is 54.3 Å². The van der Waals surface area contributed by atoms with Crippen LogP contribution in [0.3, 0.4) is 0 Å². The second-order valence-electron chi connectivity index (χ2n) is 6.26. The lowest BCUT2D eigenvalue weighted by Crippen LogP contribution is -2.49. The van der Waals surface area contributed by atoms with Crippen LogP contribution in [0.5, 0.6) is 0 Å². The number of fused-ring (bicyclic) bond motifs is 1. The third-order valence-electron chi connectivity index (χ3n) is 4.51. The van der Waals surface area contributed by atoms with E-state index in [0.29, 0.717) is 13.1 Å². The molecule has 1 saturated heterocycles. The fourth-order valence-corrected chi connectivity index (χ4v) is 3.20. The molecule has 7 heteroatoms. The number of hydrogen-bond acceptors (Lipinski definition) is 4. The number of pyridine rings is 1. The number of anilines is 1. The topological polar surface area (TPSA) is 74.8 Å². The molecule has 1 atom stereocenters. The Kier molecular flexibility index (Phi) is 5.30. The van der Waals surface area contributed by atoms with Crippen molar-refractivity contribution in [1.29, 1.82) is 0 Å². The first kappa shape index (κ1) is 16.7. The zero-order valence-electron chi connectivity index (χ0n) is 14.0. The SMILES string of the molecule is CC(=O)N(CNC(=O)N1CCCc2cccnc21)CC1CCCO1. The van der Waals surface area contributed by atoms with Gasteiger partial charge in [-0.05, 0) is 37.3 Å². The standard InChI is InChI=1S/C17H24N4O3/c1-13(22)20(11-15-7-4-10-24-15)12-19-17(23)21-9-3-6-14-5-2-8-18-16(14)21/h2,5,8,15H,3-4,6-7,9-12H2,1H3,(H,19,23). The summed E-state index contributed by atoms with van der Waals surface area (Å²) < 4.78 is 5.58. The zero-order chi connectivity index (χ0) is 16.9. The van der Waals surface area contributed by atoms with Gasteiger partial charge in [0.2, 0.25) is 5.91 Å². The molecular weight excluding hydrogens is 308 g/mol. The van der Waals surface area contributed by atoms with Gasteiger partial charge in [0.1, 0.15) is 5.82 Å². The molecule has 24 heavy (non-hydrogen) atoms. The first-order valence-corrected chi connectivity index (χ1v) is 8.51. The van der Waals surface area contributed by atoms with Gasteiger partial charge in [-0.15, -0.1) is 0 Å². The molecule has 0 aromatic carbocycles. The van der Waals surface area contributed by atoms with Gasteiger partial charge in [-0.3, -0.25) is 9.69 Å². The quantitative estimate of drug-likeness (QED) is 0.849. The minimum Gasteiger partial charge on any atom is -0.376 e. The summed E-state index contributed by atoms with van der Waals surface area (Å²) in [4.78, 5) is 32.0. The van der Waals surface area contributed by atoms with E-state index in [1.807, 2.05) is 12.1 Å². The van der Waals surface area contributed by atoms with Gasteiger partial charge in [0.05, 0.1) is 12.8 Å². The van der Waals surface area contributed by atoms with Crippen molar-refractivity contribution >= 4 is 17.8 Å². The molecule has 3 amide bonds. The lowest BCUT2D eigenvalue weighted by atomic mass is 10.1. The Morgan fingerprint density at radius 1 is 1.46 bits per heavy atom. The second kappa shape index (κ2) is 7.61. The number of hydrogen-bond donors (Lipinski definition) is 1. The molecule has 1 unspecified atom stereocenters. The summed E-state index contributed by atoms with van der Waals surface area (Å²) >= 11 is 0. The Balaban J connectivity index is 1.59. The Hall–Kier alpha value is -2.15. The summed E-state index contributed by atoms with van der Waals surface area (Å²) in [6.07, 6.45) is 5.61. The maximum absolute atomic E-state index is 12.5. The summed E-state index contributed by atoms with van der Waals surface area (Å²) in [6.45, 7) is 3.61. The van der Waals surface area contributed by atoms with E-state index in [4.69, 9.17) is 4.74 Å². The predicted octanol–water partition coefficient (Wildman–Crippen LogP) is 1.53. The molecule has 130 valence electrons. The molecule has 1 aromatic rings. The largest absolute Gasteiger partial charge is 0.376 e. The fourth-order valence-electron chi connectivity index (χ4n) is 3.20. The monoisotopic (exact) mass is 332 g/mol. The minimum atomic E-state index is -0.215. The lowest BCUT2D eigenvalue weighted by molar-refractivity contribution is -0.130. The maximum Gasteiger partial charge on any atom is 0.324 e. The number of ether oxygens (including phenoxy) is 1. The Morgan fingerprint density at radius 3 is 3.08 bits per heavy atom. The molecule has 0 aliphatic carbocycles. The van der Waals surface area contributed by atoms with Crippen LogP contribution in [0.4, 0.5) is 10.6 Å². The van der Waals surface area contributed by atoms with Crippen LogP contribution in [-0.2, 0) is 16.0 Å². The van der Waals surface area contributed by atoms with E-state index in [0.717, 1.165) is 43.7 Å². The van der Waals surface area contributed by atoms with E-state index in [1.54, 1.807) is 16.0 Å². The Bertz CT molecular complexity index is 601. The molecular formula is C17H24N4O3. The highest BCUT2D eigenvalue weighted by atomic mass is 16.5. The van der Waals surface area contributed by atoms with Crippen LogP contribution < -0.4 is 10.2 Å². The number of aromatic nitrogens is 1. The van der Waals surface area contributed by atoms with E-state index in [-0.39, 0.29) is 24.7 Å². The van der Waals surface area contributed by atoms with Gasteiger partial charge in [0.15, 0.2) is 0 Å². The van der Waals surface area contributed by atoms with Gasteiger partial charge < -0.3 is 15.0 Å². The number of aryl methyl sites for hydroxylation is 1. The molecule has 3 heterocycles. The molecule has 0 spiro atoms. The van der Waals surface area contributed by atoms with Gasteiger partial charge in [0.25, 0.3) is 0 Å². The highest BCUT2D eigenvalue weighted by Gasteiger charge is 2.25. The van der Waals surface area contributed by atoms with Crippen LogP contribution >= 0.6 is 0 Å². The number of carbonyl (C=O) groups is 2. The smallest absolute Gasteiger partial charge is 0.324 e. The predicted molar refractivity (Wildman–Crippen MR) is 89.7 cm³/mol. The Labute approximate surface area is 142 Å². The third kappa shape index (κ3) is 3.84. The van der Waals surface area contributed by atoms with E-state index < -0.39 is 0 Å². The maximum atomic E-state index is 12.5. The van der Waals surface area contributed by atoms with Crippen molar-refractivity contribution in [3.05, 3.63) is 23.9 Å². The molecule has 1 aromatic heterocycles. The fraction of sp³-hybridized carbons (Fsp3) is 0.588. The first-order chi connectivity index (χ1) is 11.6.